The summed E-state index contributed by atoms with van der Waals surface area (Å²) in [6, 6.07) is 0. The van der Waals surface area contributed by atoms with Gasteiger partial charge in [-0.1, -0.05) is 0 Å². The number of primary amides is 1. The van der Waals surface area contributed by atoms with Crippen LogP contribution in [0.4, 0.5) is 0 Å². The highest BCUT2D eigenvalue weighted by Crippen LogP contribution is 2.17. The van der Waals surface area contributed by atoms with Crippen LogP contribution in [0.25, 0.3) is 0 Å². The van der Waals surface area contributed by atoms with Gasteiger partial charge in [-0.25, -0.2) is 0 Å². The monoisotopic (exact) mass is 192 g/mol. The molecule has 1 saturated heterocycles. The normalized spacial score (nSPS) is 24.6. The van der Waals surface area contributed by atoms with Crippen molar-refractivity contribution in [1.82, 2.24) is 4.90 Å². The SMILES string of the molecule is CN1CCCC(CC(N)=O)C1.Cl. The molecule has 0 aliphatic carbocycles. The summed E-state index contributed by atoms with van der Waals surface area (Å²) in [5.74, 6) is 0.344. The van der Waals surface area contributed by atoms with Gasteiger partial charge in [-0.2, -0.15) is 0 Å². The van der Waals surface area contributed by atoms with E-state index in [1.54, 1.807) is 0 Å². The van der Waals surface area contributed by atoms with Crippen molar-refractivity contribution in [2.75, 3.05) is 20.1 Å². The number of amides is 1. The maximum Gasteiger partial charge on any atom is 0.217 e. The van der Waals surface area contributed by atoms with Crippen molar-refractivity contribution in [1.29, 1.82) is 0 Å². The second-order valence-electron chi connectivity index (χ2n) is 3.44. The fourth-order valence-electron chi connectivity index (χ4n) is 1.72. The largest absolute Gasteiger partial charge is 0.370 e. The number of halogens is 1. The van der Waals surface area contributed by atoms with Crippen molar-refractivity contribution in [3.8, 4) is 0 Å². The molecular weight excluding hydrogens is 176 g/mol. The summed E-state index contributed by atoms with van der Waals surface area (Å²) in [5, 5.41) is 0. The number of rotatable bonds is 2. The summed E-state index contributed by atoms with van der Waals surface area (Å²) in [7, 11) is 2.09. The third-order valence-corrected chi connectivity index (χ3v) is 2.21. The molecule has 1 atom stereocenters. The van der Waals surface area contributed by atoms with Crippen molar-refractivity contribution >= 4 is 18.3 Å². The fourth-order valence-corrected chi connectivity index (χ4v) is 1.72. The van der Waals surface area contributed by atoms with E-state index in [0.717, 1.165) is 19.5 Å². The molecule has 2 N–H and O–H groups in total. The van der Waals surface area contributed by atoms with Crippen LogP contribution in [0.5, 0.6) is 0 Å². The fraction of sp³-hybridized carbons (Fsp3) is 0.875. The Morgan fingerprint density at radius 2 is 2.33 bits per heavy atom. The highest BCUT2D eigenvalue weighted by atomic mass is 35.5. The van der Waals surface area contributed by atoms with E-state index in [1.807, 2.05) is 0 Å². The van der Waals surface area contributed by atoms with E-state index in [-0.39, 0.29) is 18.3 Å². The van der Waals surface area contributed by atoms with E-state index in [9.17, 15) is 4.79 Å². The van der Waals surface area contributed by atoms with Crippen LogP contribution in [0.3, 0.4) is 0 Å². The topological polar surface area (TPSA) is 46.3 Å². The molecule has 0 saturated carbocycles. The molecule has 0 aromatic rings. The highest BCUT2D eigenvalue weighted by Gasteiger charge is 2.18. The van der Waals surface area contributed by atoms with Gasteiger partial charge in [0.1, 0.15) is 0 Å². The van der Waals surface area contributed by atoms with Crippen molar-refractivity contribution in [2.45, 2.75) is 19.3 Å². The second-order valence-corrected chi connectivity index (χ2v) is 3.44. The lowest BCUT2D eigenvalue weighted by atomic mass is 9.95. The first kappa shape index (κ1) is 11.7. The minimum Gasteiger partial charge on any atom is -0.370 e. The molecule has 1 fully saturated rings. The maximum absolute atomic E-state index is 10.6. The summed E-state index contributed by atoms with van der Waals surface area (Å²) in [6.07, 6.45) is 2.92. The van der Waals surface area contributed by atoms with Gasteiger partial charge in [0.15, 0.2) is 0 Å². The number of likely N-dealkylation sites (tertiary alicyclic amines) is 1. The van der Waals surface area contributed by atoms with Gasteiger partial charge in [0, 0.05) is 13.0 Å². The van der Waals surface area contributed by atoms with Crippen LogP contribution < -0.4 is 5.73 Å². The van der Waals surface area contributed by atoms with Crippen LogP contribution in [-0.2, 0) is 4.79 Å². The van der Waals surface area contributed by atoms with Crippen molar-refractivity contribution in [2.24, 2.45) is 11.7 Å². The van der Waals surface area contributed by atoms with E-state index in [2.05, 4.69) is 11.9 Å². The molecule has 1 unspecified atom stereocenters. The molecule has 72 valence electrons. The van der Waals surface area contributed by atoms with E-state index in [4.69, 9.17) is 5.73 Å². The standard InChI is InChI=1S/C8H16N2O.ClH/c1-10-4-2-3-7(6-10)5-8(9)11;/h7H,2-6H2,1H3,(H2,9,11);1H. The summed E-state index contributed by atoms with van der Waals surface area (Å²) < 4.78 is 0. The van der Waals surface area contributed by atoms with Gasteiger partial charge >= 0.3 is 0 Å². The number of carbonyl (C=O) groups excluding carboxylic acids is 1. The van der Waals surface area contributed by atoms with Crippen molar-refractivity contribution in [3.63, 3.8) is 0 Å². The molecule has 1 amide bonds. The minimum atomic E-state index is -0.162. The zero-order valence-electron chi connectivity index (χ0n) is 7.45. The Morgan fingerprint density at radius 1 is 1.67 bits per heavy atom. The lowest BCUT2D eigenvalue weighted by Crippen LogP contribution is -2.34. The van der Waals surface area contributed by atoms with Crippen LogP contribution in [0.15, 0.2) is 0 Å². The molecule has 0 aromatic heterocycles. The molecule has 0 spiro atoms. The Balaban J connectivity index is 0.00000121. The Bertz CT molecular complexity index is 152. The van der Waals surface area contributed by atoms with Gasteiger partial charge in [-0.05, 0) is 32.4 Å². The average Bonchev–Trinajstić information content (AvgIpc) is 1.85. The summed E-state index contributed by atoms with van der Waals surface area (Å²) in [6.45, 7) is 2.19. The van der Waals surface area contributed by atoms with Crippen LogP contribution >= 0.6 is 12.4 Å². The average molecular weight is 193 g/mol. The van der Waals surface area contributed by atoms with Crippen LogP contribution in [0.2, 0.25) is 0 Å². The van der Waals surface area contributed by atoms with Gasteiger partial charge in [-0.3, -0.25) is 4.79 Å². The lowest BCUT2D eigenvalue weighted by molar-refractivity contribution is -0.119. The van der Waals surface area contributed by atoms with Crippen LogP contribution in [0, 0.1) is 5.92 Å². The van der Waals surface area contributed by atoms with Crippen molar-refractivity contribution < 1.29 is 4.79 Å². The minimum absolute atomic E-state index is 0. The molecule has 1 aliphatic rings. The third-order valence-electron chi connectivity index (χ3n) is 2.21. The molecule has 0 radical (unpaired) electrons. The van der Waals surface area contributed by atoms with Crippen LogP contribution in [-0.4, -0.2) is 30.9 Å². The molecule has 12 heavy (non-hydrogen) atoms. The van der Waals surface area contributed by atoms with E-state index in [0.29, 0.717) is 12.3 Å². The molecule has 0 aromatic carbocycles. The van der Waals surface area contributed by atoms with Gasteiger partial charge in [0.05, 0.1) is 0 Å². The molecule has 1 heterocycles. The zero-order chi connectivity index (χ0) is 8.27. The number of hydrogen-bond acceptors (Lipinski definition) is 2. The van der Waals surface area contributed by atoms with Crippen LogP contribution in [0.1, 0.15) is 19.3 Å². The van der Waals surface area contributed by atoms with E-state index in [1.165, 1.54) is 6.42 Å². The number of nitrogens with zero attached hydrogens (tertiary/aromatic N) is 1. The first-order chi connectivity index (χ1) is 5.18. The summed E-state index contributed by atoms with van der Waals surface area (Å²) in [4.78, 5) is 12.8. The summed E-state index contributed by atoms with van der Waals surface area (Å²) in [5.41, 5.74) is 5.11. The van der Waals surface area contributed by atoms with Gasteiger partial charge in [-0.15, -0.1) is 12.4 Å². The first-order valence-electron chi connectivity index (χ1n) is 4.15. The number of carbonyl (C=O) groups is 1. The predicted octanol–water partition coefficient (Wildman–Crippen LogP) is 0.625. The van der Waals surface area contributed by atoms with Crippen molar-refractivity contribution in [3.05, 3.63) is 0 Å². The van der Waals surface area contributed by atoms with E-state index >= 15 is 0 Å². The van der Waals surface area contributed by atoms with Gasteiger partial charge in [0.25, 0.3) is 0 Å². The Hall–Kier alpha value is -0.280. The Kier molecular flexibility index (Phi) is 5.25. The third kappa shape index (κ3) is 3.93. The molecule has 3 nitrogen and oxygen atoms in total. The molecule has 1 rings (SSSR count). The first-order valence-corrected chi connectivity index (χ1v) is 4.15. The second kappa shape index (κ2) is 5.38. The Labute approximate surface area is 79.7 Å². The molecule has 1 aliphatic heterocycles. The molecular formula is C8H17ClN2O. The smallest absolute Gasteiger partial charge is 0.217 e. The lowest BCUT2D eigenvalue weighted by Gasteiger charge is -2.28. The van der Waals surface area contributed by atoms with E-state index < -0.39 is 0 Å². The molecule has 0 bridgehead atoms. The summed E-state index contributed by atoms with van der Waals surface area (Å²) >= 11 is 0. The predicted molar refractivity (Wildman–Crippen MR) is 51.3 cm³/mol. The molecule has 4 heteroatoms. The highest BCUT2D eigenvalue weighted by molar-refractivity contribution is 5.85. The number of piperidine rings is 1. The van der Waals surface area contributed by atoms with Gasteiger partial charge < -0.3 is 10.6 Å². The zero-order valence-corrected chi connectivity index (χ0v) is 8.27. The number of nitrogens with two attached hydrogens (primary N) is 1. The van der Waals surface area contributed by atoms with Gasteiger partial charge in [0.2, 0.25) is 5.91 Å². The Morgan fingerprint density at radius 3 is 2.83 bits per heavy atom. The maximum atomic E-state index is 10.6. The quantitative estimate of drug-likeness (QED) is 0.698. The number of hydrogen-bond donors (Lipinski definition) is 1.